The highest BCUT2D eigenvalue weighted by molar-refractivity contribution is 7.99. The largest absolute Gasteiger partial charge is 0.379 e. The van der Waals surface area contributed by atoms with Crippen LogP contribution in [0.2, 0.25) is 0 Å². The summed E-state index contributed by atoms with van der Waals surface area (Å²) >= 11 is 3.00. The van der Waals surface area contributed by atoms with E-state index in [1.54, 1.807) is 18.0 Å². The number of nitrogens with one attached hydrogen (secondary N) is 1. The lowest BCUT2D eigenvalue weighted by Crippen LogP contribution is -2.42. The van der Waals surface area contributed by atoms with Crippen LogP contribution >= 0.6 is 23.1 Å². The molecule has 0 spiro atoms. The third-order valence-electron chi connectivity index (χ3n) is 3.21. The first-order chi connectivity index (χ1) is 9.67. The normalized spacial score (nSPS) is 21.9. The van der Waals surface area contributed by atoms with Crippen LogP contribution in [0.15, 0.2) is 36.5 Å². The van der Waals surface area contributed by atoms with Crippen molar-refractivity contribution in [1.82, 2.24) is 4.98 Å². The molecule has 1 aliphatic rings. The molecule has 1 aromatic heterocycles. The molecule has 20 heavy (non-hydrogen) atoms. The number of hydrogen-bond acceptors (Lipinski definition) is 5. The van der Waals surface area contributed by atoms with E-state index >= 15 is 0 Å². The van der Waals surface area contributed by atoms with Gasteiger partial charge in [-0.15, -0.1) is 0 Å². The third kappa shape index (κ3) is 2.72. The molecule has 104 valence electrons. The lowest BCUT2D eigenvalue weighted by atomic mass is 10.0. The zero-order chi connectivity index (χ0) is 14.0. The van der Waals surface area contributed by atoms with Gasteiger partial charge >= 0.3 is 0 Å². The van der Waals surface area contributed by atoms with E-state index < -0.39 is 5.60 Å². The molecule has 0 radical (unpaired) electrons. The van der Waals surface area contributed by atoms with Gasteiger partial charge in [-0.3, -0.25) is 10.1 Å². The number of rotatable bonds is 3. The number of carbonyl (C=O) groups is 1. The van der Waals surface area contributed by atoms with E-state index in [9.17, 15) is 9.90 Å². The van der Waals surface area contributed by atoms with E-state index in [-0.39, 0.29) is 5.91 Å². The van der Waals surface area contributed by atoms with Crippen molar-refractivity contribution < 1.29 is 9.90 Å². The molecule has 0 bridgehead atoms. The van der Waals surface area contributed by atoms with Crippen LogP contribution in [0.3, 0.4) is 0 Å². The summed E-state index contributed by atoms with van der Waals surface area (Å²) < 4.78 is 0. The Morgan fingerprint density at radius 3 is 2.85 bits per heavy atom. The first-order valence-corrected chi connectivity index (χ1v) is 8.27. The molecule has 3 rings (SSSR count). The predicted molar refractivity (Wildman–Crippen MR) is 83.1 cm³/mol. The highest BCUT2D eigenvalue weighted by Gasteiger charge is 2.39. The first kappa shape index (κ1) is 13.6. The fraction of sp³-hybridized carbons (Fsp3) is 0.286. The summed E-state index contributed by atoms with van der Waals surface area (Å²) in [5.41, 5.74) is -0.177. The number of benzene rings is 1. The second kappa shape index (κ2) is 5.55. The van der Waals surface area contributed by atoms with Crippen LogP contribution in [0.4, 0.5) is 5.13 Å². The van der Waals surface area contributed by atoms with Gasteiger partial charge in [-0.2, -0.15) is 11.8 Å². The van der Waals surface area contributed by atoms with E-state index in [0.717, 1.165) is 16.2 Å². The molecular weight excluding hydrogens is 292 g/mol. The number of amides is 1. The highest BCUT2D eigenvalue weighted by Crippen LogP contribution is 2.32. The van der Waals surface area contributed by atoms with Gasteiger partial charge < -0.3 is 5.11 Å². The standard InChI is InChI=1S/C14H14N2O2S2/c17-12(14(18)6-7-19-9-14)16-13-15-8-11(20-13)10-4-2-1-3-5-10/h1-5,8,18H,6-7,9H2,(H,15,16,17). The SMILES string of the molecule is O=C(Nc1ncc(-c2ccccc2)s1)C1(O)CCSC1. The number of nitrogens with zero attached hydrogens (tertiary/aromatic N) is 1. The zero-order valence-corrected chi connectivity index (χ0v) is 12.3. The number of anilines is 1. The minimum Gasteiger partial charge on any atom is -0.379 e. The summed E-state index contributed by atoms with van der Waals surface area (Å²) in [6.07, 6.45) is 2.24. The molecule has 1 aliphatic heterocycles. The predicted octanol–water partition coefficient (Wildman–Crippen LogP) is 2.62. The molecule has 1 atom stereocenters. The van der Waals surface area contributed by atoms with E-state index in [1.807, 2.05) is 30.3 Å². The Bertz CT molecular complexity index is 607. The Kier molecular flexibility index (Phi) is 3.78. The zero-order valence-electron chi connectivity index (χ0n) is 10.7. The maximum Gasteiger partial charge on any atom is 0.259 e. The molecule has 1 unspecified atom stereocenters. The van der Waals surface area contributed by atoms with E-state index in [0.29, 0.717) is 17.3 Å². The number of aliphatic hydroxyl groups is 1. The molecule has 0 aliphatic carbocycles. The maximum atomic E-state index is 12.1. The monoisotopic (exact) mass is 306 g/mol. The molecule has 2 heterocycles. The third-order valence-corrected chi connectivity index (χ3v) is 5.34. The Morgan fingerprint density at radius 1 is 1.35 bits per heavy atom. The number of thiazole rings is 1. The molecule has 4 nitrogen and oxygen atoms in total. The van der Waals surface area contributed by atoms with Gasteiger partial charge in [0.2, 0.25) is 0 Å². The molecule has 2 aromatic rings. The fourth-order valence-electron chi connectivity index (χ4n) is 2.01. The Balaban J connectivity index is 1.73. The Hall–Kier alpha value is -1.37. The average molecular weight is 306 g/mol. The van der Waals surface area contributed by atoms with Gasteiger partial charge in [0.05, 0.1) is 4.88 Å². The van der Waals surface area contributed by atoms with Crippen LogP contribution in [0, 0.1) is 0 Å². The van der Waals surface area contributed by atoms with Crippen molar-refractivity contribution in [1.29, 1.82) is 0 Å². The Labute approximate surface area is 125 Å². The number of hydrogen-bond donors (Lipinski definition) is 2. The molecule has 1 amide bonds. The van der Waals surface area contributed by atoms with Gasteiger partial charge in [0, 0.05) is 11.9 Å². The van der Waals surface area contributed by atoms with Crippen LogP contribution < -0.4 is 5.32 Å². The summed E-state index contributed by atoms with van der Waals surface area (Å²) in [6, 6.07) is 9.89. The summed E-state index contributed by atoms with van der Waals surface area (Å²) in [5, 5.41) is 13.4. The van der Waals surface area contributed by atoms with Crippen molar-refractivity contribution in [3.63, 3.8) is 0 Å². The highest BCUT2D eigenvalue weighted by atomic mass is 32.2. The van der Waals surface area contributed by atoms with Crippen LogP contribution in [-0.2, 0) is 4.79 Å². The molecular formula is C14H14N2O2S2. The van der Waals surface area contributed by atoms with Crippen LogP contribution in [-0.4, -0.2) is 33.1 Å². The van der Waals surface area contributed by atoms with Crippen LogP contribution in [0.1, 0.15) is 6.42 Å². The van der Waals surface area contributed by atoms with Gasteiger partial charge in [-0.1, -0.05) is 41.7 Å². The van der Waals surface area contributed by atoms with Gasteiger partial charge in [0.15, 0.2) is 10.7 Å². The van der Waals surface area contributed by atoms with E-state index in [4.69, 9.17) is 0 Å². The second-order valence-electron chi connectivity index (χ2n) is 4.68. The van der Waals surface area contributed by atoms with Crippen molar-refractivity contribution in [2.75, 3.05) is 16.8 Å². The summed E-state index contributed by atoms with van der Waals surface area (Å²) in [7, 11) is 0. The quantitative estimate of drug-likeness (QED) is 0.915. The number of thioether (sulfide) groups is 1. The molecule has 2 N–H and O–H groups in total. The molecule has 1 saturated heterocycles. The van der Waals surface area contributed by atoms with Gasteiger partial charge in [0.1, 0.15) is 0 Å². The van der Waals surface area contributed by atoms with Crippen molar-refractivity contribution >= 4 is 34.1 Å². The molecule has 6 heteroatoms. The first-order valence-electron chi connectivity index (χ1n) is 6.30. The minimum absolute atomic E-state index is 0.350. The van der Waals surface area contributed by atoms with Gasteiger partial charge in [0.25, 0.3) is 5.91 Å². The second-order valence-corrected chi connectivity index (χ2v) is 6.82. The smallest absolute Gasteiger partial charge is 0.259 e. The summed E-state index contributed by atoms with van der Waals surface area (Å²) in [4.78, 5) is 17.3. The molecule has 1 fully saturated rings. The molecule has 0 saturated carbocycles. The maximum absolute atomic E-state index is 12.1. The summed E-state index contributed by atoms with van der Waals surface area (Å²) in [5.74, 6) is 0.920. The average Bonchev–Trinajstić information content (AvgIpc) is 3.10. The van der Waals surface area contributed by atoms with Gasteiger partial charge in [-0.05, 0) is 17.7 Å². The van der Waals surface area contributed by atoms with Crippen molar-refractivity contribution in [2.24, 2.45) is 0 Å². The van der Waals surface area contributed by atoms with Crippen LogP contribution in [0.25, 0.3) is 10.4 Å². The lowest BCUT2D eigenvalue weighted by molar-refractivity contribution is -0.131. The molecule has 1 aromatic carbocycles. The topological polar surface area (TPSA) is 62.2 Å². The van der Waals surface area contributed by atoms with Crippen molar-refractivity contribution in [3.05, 3.63) is 36.5 Å². The number of aromatic nitrogens is 1. The lowest BCUT2D eigenvalue weighted by Gasteiger charge is -2.18. The van der Waals surface area contributed by atoms with Crippen molar-refractivity contribution in [2.45, 2.75) is 12.0 Å². The van der Waals surface area contributed by atoms with Crippen LogP contribution in [0.5, 0.6) is 0 Å². The Morgan fingerprint density at radius 2 is 2.15 bits per heavy atom. The fourth-order valence-corrected chi connectivity index (χ4v) is 4.07. The van der Waals surface area contributed by atoms with Crippen molar-refractivity contribution in [3.8, 4) is 10.4 Å². The number of carbonyl (C=O) groups excluding carboxylic acids is 1. The minimum atomic E-state index is -1.25. The van der Waals surface area contributed by atoms with E-state index in [1.165, 1.54) is 11.3 Å². The van der Waals surface area contributed by atoms with Gasteiger partial charge in [-0.25, -0.2) is 4.98 Å². The summed E-state index contributed by atoms with van der Waals surface area (Å²) in [6.45, 7) is 0. The van der Waals surface area contributed by atoms with E-state index in [2.05, 4.69) is 10.3 Å².